The van der Waals surface area contributed by atoms with Crippen molar-refractivity contribution in [1.82, 2.24) is 0 Å². The largest absolute Gasteiger partial charge is 0.508 e. The van der Waals surface area contributed by atoms with E-state index in [1.165, 1.54) is 36.0 Å². The second kappa shape index (κ2) is 10.9. The zero-order chi connectivity index (χ0) is 22.3. The average Bonchev–Trinajstić information content (AvgIpc) is 2.66. The van der Waals surface area contributed by atoms with Gasteiger partial charge in [0.2, 0.25) is 0 Å². The fraction of sp³-hybridized carbons (Fsp3) is 0.571. The average molecular weight is 411 g/mol. The van der Waals surface area contributed by atoms with E-state index in [9.17, 15) is 5.11 Å². The number of hydrogen-bond acceptors (Lipinski definition) is 2. The van der Waals surface area contributed by atoms with Crippen LogP contribution in [0, 0.1) is 19.8 Å². The Bertz CT molecular complexity index is 810. The number of phenolic OH excluding ortho intramolecular Hbond substituents is 1. The number of fused-ring (bicyclic) bond motifs is 1. The Morgan fingerprint density at radius 1 is 1.27 bits per heavy atom. The maximum Gasteiger partial charge on any atom is 0.126 e. The number of ether oxygens (including phenoxy) is 1. The molecule has 166 valence electrons. The van der Waals surface area contributed by atoms with Crippen LogP contribution in [0.25, 0.3) is 0 Å². The molecule has 2 nitrogen and oxygen atoms in total. The van der Waals surface area contributed by atoms with Crippen molar-refractivity contribution in [3.63, 3.8) is 0 Å². The number of phenols is 1. The summed E-state index contributed by atoms with van der Waals surface area (Å²) in [7, 11) is 0. The summed E-state index contributed by atoms with van der Waals surface area (Å²) in [4.78, 5) is 0. The lowest BCUT2D eigenvalue weighted by molar-refractivity contribution is 0.0559. The van der Waals surface area contributed by atoms with Crippen LogP contribution in [-0.2, 0) is 6.42 Å². The first-order valence-corrected chi connectivity index (χ1v) is 11.6. The van der Waals surface area contributed by atoms with E-state index in [0.29, 0.717) is 5.75 Å². The highest BCUT2D eigenvalue weighted by atomic mass is 16.5. The molecule has 0 saturated heterocycles. The molecule has 0 radical (unpaired) electrons. The van der Waals surface area contributed by atoms with Gasteiger partial charge in [-0.2, -0.15) is 0 Å². The van der Waals surface area contributed by atoms with Crippen LogP contribution in [0.2, 0.25) is 0 Å². The Morgan fingerprint density at radius 3 is 2.70 bits per heavy atom. The van der Waals surface area contributed by atoms with E-state index in [4.69, 9.17) is 4.74 Å². The van der Waals surface area contributed by atoms with Crippen LogP contribution >= 0.6 is 0 Å². The highest BCUT2D eigenvalue weighted by Crippen LogP contribution is 2.42. The van der Waals surface area contributed by atoms with Crippen molar-refractivity contribution < 1.29 is 9.84 Å². The van der Waals surface area contributed by atoms with Gasteiger partial charge in [0.25, 0.3) is 0 Å². The third kappa shape index (κ3) is 7.07. The lowest BCUT2D eigenvalue weighted by Crippen LogP contribution is -2.36. The Kier molecular flexibility index (Phi) is 8.82. The molecule has 1 aromatic carbocycles. The molecule has 2 rings (SSSR count). The summed E-state index contributed by atoms with van der Waals surface area (Å²) >= 11 is 0. The van der Waals surface area contributed by atoms with Gasteiger partial charge < -0.3 is 9.84 Å². The summed E-state index contributed by atoms with van der Waals surface area (Å²) in [5.41, 5.74) is 5.79. The number of aryl methyl sites for hydroxylation is 1. The Balaban J connectivity index is 1.88. The third-order valence-electron chi connectivity index (χ3n) is 6.31. The molecular formula is C28H42O2. The Hall–Kier alpha value is -1.96. The maximum absolute atomic E-state index is 10.1. The smallest absolute Gasteiger partial charge is 0.126 e. The zero-order valence-corrected chi connectivity index (χ0v) is 20.3. The van der Waals surface area contributed by atoms with E-state index >= 15 is 0 Å². The van der Waals surface area contributed by atoms with Gasteiger partial charge in [-0.1, -0.05) is 55.7 Å². The number of aromatic hydroxyl groups is 1. The van der Waals surface area contributed by atoms with E-state index in [-0.39, 0.29) is 5.60 Å². The summed E-state index contributed by atoms with van der Waals surface area (Å²) in [5.74, 6) is 2.16. The first-order chi connectivity index (χ1) is 14.1. The molecule has 0 bridgehead atoms. The van der Waals surface area contributed by atoms with E-state index < -0.39 is 0 Å². The quantitative estimate of drug-likeness (QED) is 0.416. The van der Waals surface area contributed by atoms with Crippen molar-refractivity contribution in [2.75, 3.05) is 0 Å². The zero-order valence-electron chi connectivity index (χ0n) is 20.3. The van der Waals surface area contributed by atoms with Crippen LogP contribution < -0.4 is 4.74 Å². The highest BCUT2D eigenvalue weighted by Gasteiger charge is 2.33. The molecule has 0 fully saturated rings. The monoisotopic (exact) mass is 410 g/mol. The molecule has 0 aliphatic carbocycles. The van der Waals surface area contributed by atoms with Crippen molar-refractivity contribution in [2.45, 2.75) is 99.0 Å². The van der Waals surface area contributed by atoms with Gasteiger partial charge >= 0.3 is 0 Å². The standard InChI is InChI=1S/C28H42O2/c1-20(2)11-8-12-21(3)13-9-14-22(4)15-10-17-28(7)18-16-25-24(6)26(29)19-23(5)27(25)30-28/h9,13-15,19-20,29H,8,10-12,16-18H2,1-7H3. The second-order valence-corrected chi connectivity index (χ2v) is 9.84. The van der Waals surface area contributed by atoms with Crippen molar-refractivity contribution in [1.29, 1.82) is 0 Å². The first kappa shape index (κ1) is 24.3. The van der Waals surface area contributed by atoms with Gasteiger partial charge in [-0.25, -0.2) is 0 Å². The minimum absolute atomic E-state index is 0.144. The van der Waals surface area contributed by atoms with Crippen molar-refractivity contribution >= 4 is 0 Å². The molecular weight excluding hydrogens is 368 g/mol. The summed E-state index contributed by atoms with van der Waals surface area (Å²) in [5, 5.41) is 10.1. The van der Waals surface area contributed by atoms with Crippen molar-refractivity contribution in [3.8, 4) is 11.5 Å². The number of allylic oxidation sites excluding steroid dienone is 6. The fourth-order valence-corrected chi connectivity index (χ4v) is 4.16. The van der Waals surface area contributed by atoms with Crippen LogP contribution in [0.4, 0.5) is 0 Å². The fourth-order valence-electron chi connectivity index (χ4n) is 4.16. The lowest BCUT2D eigenvalue weighted by Gasteiger charge is -2.37. The summed E-state index contributed by atoms with van der Waals surface area (Å²) < 4.78 is 6.47. The molecule has 1 atom stereocenters. The molecule has 1 aromatic rings. The van der Waals surface area contributed by atoms with Crippen LogP contribution in [0.15, 0.2) is 41.5 Å². The van der Waals surface area contributed by atoms with Crippen LogP contribution in [0.3, 0.4) is 0 Å². The summed E-state index contributed by atoms with van der Waals surface area (Å²) in [6.07, 6.45) is 16.7. The molecule has 1 aliphatic rings. The molecule has 1 unspecified atom stereocenters. The van der Waals surface area contributed by atoms with Gasteiger partial charge in [0, 0.05) is 5.56 Å². The number of rotatable bonds is 9. The molecule has 0 amide bonds. The third-order valence-corrected chi connectivity index (χ3v) is 6.31. The van der Waals surface area contributed by atoms with Crippen LogP contribution in [0.1, 0.15) is 89.8 Å². The second-order valence-electron chi connectivity index (χ2n) is 9.84. The molecule has 1 aliphatic heterocycles. The minimum atomic E-state index is -0.144. The van der Waals surface area contributed by atoms with E-state index in [2.05, 4.69) is 58.9 Å². The van der Waals surface area contributed by atoms with Gasteiger partial charge in [0.1, 0.15) is 17.1 Å². The number of benzene rings is 1. The van der Waals surface area contributed by atoms with Crippen molar-refractivity contribution in [3.05, 3.63) is 58.2 Å². The normalized spacial score (nSPS) is 20.0. The maximum atomic E-state index is 10.1. The summed E-state index contributed by atoms with van der Waals surface area (Å²) in [6, 6.07) is 1.83. The topological polar surface area (TPSA) is 29.5 Å². The Labute approximate surface area is 184 Å². The highest BCUT2D eigenvalue weighted by molar-refractivity contribution is 5.53. The van der Waals surface area contributed by atoms with Gasteiger partial charge in [0.15, 0.2) is 0 Å². The molecule has 1 heterocycles. The van der Waals surface area contributed by atoms with E-state index in [1.807, 2.05) is 19.9 Å². The van der Waals surface area contributed by atoms with Crippen molar-refractivity contribution in [2.24, 2.45) is 5.92 Å². The predicted molar refractivity (Wildman–Crippen MR) is 130 cm³/mol. The van der Waals surface area contributed by atoms with Gasteiger partial charge in [-0.15, -0.1) is 0 Å². The summed E-state index contributed by atoms with van der Waals surface area (Å²) in [6.45, 7) is 15.2. The van der Waals surface area contributed by atoms with Crippen LogP contribution in [0.5, 0.6) is 11.5 Å². The molecule has 0 aromatic heterocycles. The molecule has 2 heteroatoms. The van der Waals surface area contributed by atoms with Gasteiger partial charge in [-0.05, 0) is 96.3 Å². The van der Waals surface area contributed by atoms with Crippen LogP contribution in [-0.4, -0.2) is 10.7 Å². The lowest BCUT2D eigenvalue weighted by atomic mass is 9.86. The molecule has 30 heavy (non-hydrogen) atoms. The van der Waals surface area contributed by atoms with Gasteiger partial charge in [-0.3, -0.25) is 0 Å². The number of hydrogen-bond donors (Lipinski definition) is 1. The molecule has 0 spiro atoms. The molecule has 0 saturated carbocycles. The van der Waals surface area contributed by atoms with E-state index in [0.717, 1.165) is 48.5 Å². The van der Waals surface area contributed by atoms with Gasteiger partial charge in [0.05, 0.1) is 0 Å². The predicted octanol–water partition coefficient (Wildman–Crippen LogP) is 8.15. The SMILES string of the molecule is CC(C=CC=C(C)CCCC(C)C)=CCCC1(C)CCc2c(C)c(O)cc(C)c2O1. The van der Waals surface area contributed by atoms with E-state index in [1.54, 1.807) is 0 Å². The minimum Gasteiger partial charge on any atom is -0.508 e. The molecule has 1 N–H and O–H groups in total. The first-order valence-electron chi connectivity index (χ1n) is 11.6. The Morgan fingerprint density at radius 2 is 2.00 bits per heavy atom.